The molecule has 0 spiro atoms. The number of aryl methyl sites for hydroxylation is 1. The Labute approximate surface area is 71.4 Å². The van der Waals surface area contributed by atoms with Gasteiger partial charge >= 0.3 is 0 Å². The van der Waals surface area contributed by atoms with Crippen molar-refractivity contribution in [3.8, 4) is 5.88 Å². The van der Waals surface area contributed by atoms with Crippen LogP contribution in [0, 0.1) is 6.92 Å². The second-order valence-electron chi connectivity index (χ2n) is 2.53. The Balaban J connectivity index is 2.97. The normalized spacial score (nSPS) is 9.50. The summed E-state index contributed by atoms with van der Waals surface area (Å²) in [6, 6.07) is 3.64. The smallest absolute Gasteiger partial charge is 0.213 e. The van der Waals surface area contributed by atoms with E-state index in [0.29, 0.717) is 12.3 Å². The molecule has 0 unspecified atom stereocenters. The lowest BCUT2D eigenvalue weighted by Crippen LogP contribution is -1.94. The highest BCUT2D eigenvalue weighted by Gasteiger charge is 1.98. The second-order valence-corrected chi connectivity index (χ2v) is 2.53. The quantitative estimate of drug-likeness (QED) is 0.630. The fourth-order valence-electron chi connectivity index (χ4n) is 1.03. The molecule has 0 amide bonds. The SMILES string of the molecule is COc1cc(CC=O)cc(C)n1. The molecule has 0 aliphatic rings. The van der Waals surface area contributed by atoms with Gasteiger partial charge in [-0.1, -0.05) is 0 Å². The molecule has 0 bridgehead atoms. The highest BCUT2D eigenvalue weighted by Crippen LogP contribution is 2.11. The predicted octanol–water partition coefficient (Wildman–Crippen LogP) is 1.14. The third-order valence-corrected chi connectivity index (χ3v) is 1.52. The van der Waals surface area contributed by atoms with Crippen LogP contribution in [-0.2, 0) is 11.2 Å². The standard InChI is InChI=1S/C9H11NO2/c1-7-5-8(3-4-11)6-9(10-7)12-2/h4-6H,3H2,1-2H3. The number of aldehydes is 1. The van der Waals surface area contributed by atoms with Crippen LogP contribution in [0.1, 0.15) is 11.3 Å². The van der Waals surface area contributed by atoms with Crippen LogP contribution >= 0.6 is 0 Å². The molecular formula is C9H11NO2. The van der Waals surface area contributed by atoms with E-state index < -0.39 is 0 Å². The molecule has 0 saturated carbocycles. The third-order valence-electron chi connectivity index (χ3n) is 1.52. The minimum absolute atomic E-state index is 0.416. The van der Waals surface area contributed by atoms with E-state index in [4.69, 9.17) is 4.74 Å². The number of pyridine rings is 1. The molecule has 0 N–H and O–H groups in total. The Kier molecular flexibility index (Phi) is 2.80. The number of hydrogen-bond donors (Lipinski definition) is 0. The number of rotatable bonds is 3. The summed E-state index contributed by atoms with van der Waals surface area (Å²) in [5, 5.41) is 0. The van der Waals surface area contributed by atoms with Gasteiger partial charge in [0.2, 0.25) is 5.88 Å². The summed E-state index contributed by atoms with van der Waals surface area (Å²) in [5.74, 6) is 0.562. The molecular weight excluding hydrogens is 154 g/mol. The summed E-state index contributed by atoms with van der Waals surface area (Å²) in [6.07, 6.45) is 1.29. The first kappa shape index (κ1) is 8.71. The largest absolute Gasteiger partial charge is 0.481 e. The lowest BCUT2D eigenvalue weighted by Gasteiger charge is -2.02. The fraction of sp³-hybridized carbons (Fsp3) is 0.333. The fourth-order valence-corrected chi connectivity index (χ4v) is 1.03. The number of carbonyl (C=O) groups is 1. The van der Waals surface area contributed by atoms with Gasteiger partial charge in [0.25, 0.3) is 0 Å². The number of hydrogen-bond acceptors (Lipinski definition) is 3. The molecule has 0 aliphatic carbocycles. The topological polar surface area (TPSA) is 39.2 Å². The summed E-state index contributed by atoms with van der Waals surface area (Å²) in [6.45, 7) is 1.87. The first-order chi connectivity index (χ1) is 5.76. The summed E-state index contributed by atoms with van der Waals surface area (Å²) in [7, 11) is 1.56. The van der Waals surface area contributed by atoms with Gasteiger partial charge in [-0.2, -0.15) is 0 Å². The second kappa shape index (κ2) is 3.85. The van der Waals surface area contributed by atoms with Crippen molar-refractivity contribution in [2.45, 2.75) is 13.3 Å². The summed E-state index contributed by atoms with van der Waals surface area (Å²) < 4.78 is 4.95. The highest BCUT2D eigenvalue weighted by atomic mass is 16.5. The maximum absolute atomic E-state index is 10.2. The Morgan fingerprint density at radius 3 is 2.92 bits per heavy atom. The molecule has 0 aromatic carbocycles. The molecule has 64 valence electrons. The van der Waals surface area contributed by atoms with Crippen molar-refractivity contribution < 1.29 is 9.53 Å². The van der Waals surface area contributed by atoms with Crippen LogP contribution < -0.4 is 4.74 Å². The van der Waals surface area contributed by atoms with Gasteiger partial charge in [-0.3, -0.25) is 0 Å². The van der Waals surface area contributed by atoms with Crippen molar-refractivity contribution in [2.75, 3.05) is 7.11 Å². The maximum atomic E-state index is 10.2. The molecule has 0 saturated heterocycles. The van der Waals surface area contributed by atoms with Crippen molar-refractivity contribution in [3.05, 3.63) is 23.4 Å². The molecule has 0 atom stereocenters. The highest BCUT2D eigenvalue weighted by molar-refractivity contribution is 5.55. The number of aromatic nitrogens is 1. The number of methoxy groups -OCH3 is 1. The average Bonchev–Trinajstić information content (AvgIpc) is 2.04. The zero-order valence-corrected chi connectivity index (χ0v) is 7.20. The number of ether oxygens (including phenoxy) is 1. The Morgan fingerprint density at radius 1 is 1.58 bits per heavy atom. The van der Waals surface area contributed by atoms with Gasteiger partial charge in [0.1, 0.15) is 6.29 Å². The molecule has 0 aliphatic heterocycles. The minimum atomic E-state index is 0.416. The Hall–Kier alpha value is -1.38. The van der Waals surface area contributed by atoms with E-state index >= 15 is 0 Å². The Morgan fingerprint density at radius 2 is 2.33 bits per heavy atom. The van der Waals surface area contributed by atoms with Crippen LogP contribution in [0.2, 0.25) is 0 Å². The molecule has 3 heteroatoms. The van der Waals surface area contributed by atoms with Crippen LogP contribution in [0.3, 0.4) is 0 Å². The van der Waals surface area contributed by atoms with E-state index in [1.165, 1.54) is 0 Å². The van der Waals surface area contributed by atoms with Gasteiger partial charge in [-0.15, -0.1) is 0 Å². The van der Waals surface area contributed by atoms with Crippen LogP contribution in [0.15, 0.2) is 12.1 Å². The minimum Gasteiger partial charge on any atom is -0.481 e. The zero-order valence-electron chi connectivity index (χ0n) is 7.20. The molecule has 1 rings (SSSR count). The van der Waals surface area contributed by atoms with Crippen LogP contribution in [0.4, 0.5) is 0 Å². The van der Waals surface area contributed by atoms with Crippen molar-refractivity contribution in [1.29, 1.82) is 0 Å². The molecule has 1 aromatic rings. The molecule has 1 aromatic heterocycles. The van der Waals surface area contributed by atoms with Gasteiger partial charge < -0.3 is 9.53 Å². The maximum Gasteiger partial charge on any atom is 0.213 e. The van der Waals surface area contributed by atoms with E-state index in [2.05, 4.69) is 4.98 Å². The van der Waals surface area contributed by atoms with Crippen LogP contribution in [-0.4, -0.2) is 18.4 Å². The van der Waals surface area contributed by atoms with Crippen molar-refractivity contribution in [2.24, 2.45) is 0 Å². The van der Waals surface area contributed by atoms with E-state index in [1.54, 1.807) is 13.2 Å². The van der Waals surface area contributed by atoms with Gasteiger partial charge in [0.05, 0.1) is 7.11 Å². The van der Waals surface area contributed by atoms with Crippen molar-refractivity contribution in [1.82, 2.24) is 4.98 Å². The van der Waals surface area contributed by atoms with Crippen LogP contribution in [0.5, 0.6) is 5.88 Å². The van der Waals surface area contributed by atoms with Gasteiger partial charge in [0, 0.05) is 18.2 Å². The lowest BCUT2D eigenvalue weighted by atomic mass is 10.2. The van der Waals surface area contributed by atoms with E-state index in [1.807, 2.05) is 13.0 Å². The molecule has 0 fully saturated rings. The van der Waals surface area contributed by atoms with Crippen LogP contribution in [0.25, 0.3) is 0 Å². The van der Waals surface area contributed by atoms with Crippen molar-refractivity contribution >= 4 is 6.29 Å². The van der Waals surface area contributed by atoms with Crippen molar-refractivity contribution in [3.63, 3.8) is 0 Å². The predicted molar refractivity (Wildman–Crippen MR) is 45.3 cm³/mol. The van der Waals surface area contributed by atoms with E-state index in [9.17, 15) is 4.79 Å². The first-order valence-corrected chi connectivity index (χ1v) is 3.71. The Bertz CT molecular complexity index is 284. The van der Waals surface area contributed by atoms with E-state index in [-0.39, 0.29) is 0 Å². The molecule has 1 heterocycles. The van der Waals surface area contributed by atoms with Gasteiger partial charge in [0.15, 0.2) is 0 Å². The molecule has 0 radical (unpaired) electrons. The monoisotopic (exact) mass is 165 g/mol. The summed E-state index contributed by atoms with van der Waals surface area (Å²) in [4.78, 5) is 14.3. The van der Waals surface area contributed by atoms with Gasteiger partial charge in [-0.05, 0) is 18.6 Å². The molecule has 12 heavy (non-hydrogen) atoms. The van der Waals surface area contributed by atoms with Gasteiger partial charge in [-0.25, -0.2) is 4.98 Å². The average molecular weight is 165 g/mol. The van der Waals surface area contributed by atoms with E-state index in [0.717, 1.165) is 17.5 Å². The lowest BCUT2D eigenvalue weighted by molar-refractivity contribution is -0.107. The first-order valence-electron chi connectivity index (χ1n) is 3.71. The molecule has 3 nitrogen and oxygen atoms in total. The number of nitrogens with zero attached hydrogens (tertiary/aromatic N) is 1. The number of carbonyl (C=O) groups excluding carboxylic acids is 1. The summed E-state index contributed by atoms with van der Waals surface area (Å²) in [5.41, 5.74) is 1.81. The zero-order chi connectivity index (χ0) is 8.97. The summed E-state index contributed by atoms with van der Waals surface area (Å²) >= 11 is 0. The third kappa shape index (κ3) is 2.05.